The molecule has 15 heteroatoms. The van der Waals surface area contributed by atoms with Crippen LogP contribution in [0.4, 0.5) is 14.9 Å². The lowest BCUT2D eigenvalue weighted by Gasteiger charge is -2.25. The predicted molar refractivity (Wildman–Crippen MR) is 138 cm³/mol. The quantitative estimate of drug-likeness (QED) is 0.123. The van der Waals surface area contributed by atoms with Crippen molar-refractivity contribution in [1.82, 2.24) is 14.8 Å². The van der Waals surface area contributed by atoms with Gasteiger partial charge in [0.25, 0.3) is 0 Å². The molecule has 5 rings (SSSR count). The van der Waals surface area contributed by atoms with E-state index in [0.29, 0.717) is 11.3 Å². The van der Waals surface area contributed by atoms with Crippen LogP contribution in [0.5, 0.6) is 22.3 Å². The van der Waals surface area contributed by atoms with Crippen LogP contribution in [-0.2, 0) is 0 Å². The number of benzene rings is 2. The average molecular weight is 557 g/mol. The Hall–Kier alpha value is -5.05. The van der Waals surface area contributed by atoms with Crippen molar-refractivity contribution in [2.24, 2.45) is 5.73 Å². The van der Waals surface area contributed by atoms with Gasteiger partial charge in [-0.3, -0.25) is 10.4 Å². The summed E-state index contributed by atoms with van der Waals surface area (Å²) in [6.45, 7) is 0.336. The highest BCUT2D eigenvalue weighted by Crippen LogP contribution is 2.45. The van der Waals surface area contributed by atoms with E-state index in [4.69, 9.17) is 35.2 Å². The molecule has 0 bridgehead atoms. The van der Waals surface area contributed by atoms with Gasteiger partial charge in [0.15, 0.2) is 17.4 Å². The molecule has 1 atom stereocenters. The zero-order valence-electron chi connectivity index (χ0n) is 20.2. The molecule has 1 aliphatic heterocycles. The number of nitrogens with two attached hydrogens (primary N) is 1. The van der Waals surface area contributed by atoms with E-state index in [1.807, 2.05) is 0 Å². The molecule has 1 unspecified atom stereocenters. The van der Waals surface area contributed by atoms with Gasteiger partial charge in [0, 0.05) is 16.8 Å². The molecule has 1 aliphatic rings. The number of nitrogens with one attached hydrogen (secondary N) is 3. The van der Waals surface area contributed by atoms with Crippen molar-refractivity contribution in [1.29, 1.82) is 5.41 Å². The number of thiophene rings is 1. The van der Waals surface area contributed by atoms with Crippen LogP contribution in [0, 0.1) is 11.2 Å². The number of fused-ring (bicyclic) bond motifs is 1. The number of hydrogen-bond donors (Lipinski definition) is 5. The van der Waals surface area contributed by atoms with Crippen LogP contribution in [0.2, 0.25) is 0 Å². The molecule has 0 amide bonds. The summed E-state index contributed by atoms with van der Waals surface area (Å²) in [7, 11) is 1.40. The molecule has 13 nitrogen and oxygen atoms in total. The standard InChI is InChI=1S/C24H21FN6O7S/c1-35-15-10-13(16(25)19-18(15)36-7-8-37-19)17(28-12-4-2-11(3-5-12)20(26)27)21-29-23(32)31(30-21)14-6-9-39-22(14)38-24(33)34/h2-6,9-10,17,28H,7-8H2,1H3,(H3,26,27)(H,33,34)(H,29,30,32). The highest BCUT2D eigenvalue weighted by Gasteiger charge is 2.31. The number of aromatic nitrogens is 3. The number of anilines is 1. The van der Waals surface area contributed by atoms with E-state index in [9.17, 15) is 9.59 Å². The van der Waals surface area contributed by atoms with Crippen molar-refractivity contribution in [2.75, 3.05) is 25.6 Å². The summed E-state index contributed by atoms with van der Waals surface area (Å²) in [6.07, 6.45) is -1.55. The topological polar surface area (TPSA) is 187 Å². The maximum atomic E-state index is 15.9. The number of carbonyl (C=O) groups is 1. The number of aromatic amines is 1. The second kappa shape index (κ2) is 10.4. The van der Waals surface area contributed by atoms with E-state index in [1.165, 1.54) is 24.6 Å². The van der Waals surface area contributed by atoms with E-state index in [0.717, 1.165) is 16.0 Å². The highest BCUT2D eigenvalue weighted by molar-refractivity contribution is 7.12. The fraction of sp³-hybridized carbons (Fsp3) is 0.167. The van der Waals surface area contributed by atoms with Crippen molar-refractivity contribution in [2.45, 2.75) is 6.04 Å². The average Bonchev–Trinajstić information content (AvgIpc) is 3.53. The van der Waals surface area contributed by atoms with E-state index in [1.54, 1.807) is 24.3 Å². The number of methoxy groups -OCH3 is 1. The number of ether oxygens (including phenoxy) is 4. The number of rotatable bonds is 8. The summed E-state index contributed by atoms with van der Waals surface area (Å²) in [5.74, 6) is -0.728. The number of hydrogen-bond acceptors (Lipinski definition) is 10. The molecular weight excluding hydrogens is 535 g/mol. The molecule has 0 aliphatic carbocycles. The SMILES string of the molecule is COc1cc(C(Nc2ccc(C(=N)N)cc2)c2nn(-c3ccsc3OC(=O)O)c(=O)[nH]2)c(F)c2c1OCCO2. The normalized spacial score (nSPS) is 13.0. The molecule has 6 N–H and O–H groups in total. The Kier molecular flexibility index (Phi) is 6.81. The summed E-state index contributed by atoms with van der Waals surface area (Å²) >= 11 is 0.958. The number of nitrogens with zero attached hydrogens (tertiary/aromatic N) is 2. The third-order valence-corrected chi connectivity index (χ3v) is 6.49. The molecule has 202 valence electrons. The van der Waals surface area contributed by atoms with Gasteiger partial charge in [0.2, 0.25) is 16.6 Å². The van der Waals surface area contributed by atoms with Crippen LogP contribution in [0.3, 0.4) is 0 Å². The molecular formula is C24H21FN6O7S. The van der Waals surface area contributed by atoms with E-state index in [2.05, 4.69) is 15.4 Å². The first-order valence-corrected chi connectivity index (χ1v) is 12.2. The molecule has 39 heavy (non-hydrogen) atoms. The second-order valence-electron chi connectivity index (χ2n) is 8.09. The third kappa shape index (κ3) is 4.94. The molecule has 2 aromatic carbocycles. The van der Waals surface area contributed by atoms with Crippen molar-refractivity contribution < 1.29 is 33.2 Å². The fourth-order valence-corrected chi connectivity index (χ4v) is 4.68. The summed E-state index contributed by atoms with van der Waals surface area (Å²) in [5.41, 5.74) is 5.89. The molecule has 3 heterocycles. The Morgan fingerprint density at radius 1 is 1.28 bits per heavy atom. The van der Waals surface area contributed by atoms with Gasteiger partial charge >= 0.3 is 11.8 Å². The van der Waals surface area contributed by atoms with E-state index >= 15 is 4.39 Å². The first kappa shape index (κ1) is 25.6. The molecule has 0 radical (unpaired) electrons. The fourth-order valence-electron chi connectivity index (χ4n) is 3.97. The highest BCUT2D eigenvalue weighted by atomic mass is 32.1. The zero-order valence-corrected chi connectivity index (χ0v) is 21.0. The lowest BCUT2D eigenvalue weighted by atomic mass is 10.0. The van der Waals surface area contributed by atoms with Gasteiger partial charge in [0.05, 0.1) is 7.11 Å². The van der Waals surface area contributed by atoms with Crippen LogP contribution in [0.25, 0.3) is 5.69 Å². The van der Waals surface area contributed by atoms with Crippen LogP contribution >= 0.6 is 11.3 Å². The van der Waals surface area contributed by atoms with Crippen molar-refractivity contribution in [3.05, 3.63) is 75.0 Å². The predicted octanol–water partition coefficient (Wildman–Crippen LogP) is 3.08. The van der Waals surface area contributed by atoms with Crippen molar-refractivity contribution in [3.8, 4) is 28.0 Å². The molecule has 4 aromatic rings. The number of carboxylic acid groups (broad SMARTS) is 1. The largest absolute Gasteiger partial charge is 0.512 e. The van der Waals surface area contributed by atoms with Gasteiger partial charge in [-0.05, 0) is 41.8 Å². The molecule has 0 fully saturated rings. The Morgan fingerprint density at radius 3 is 2.67 bits per heavy atom. The number of halogens is 1. The summed E-state index contributed by atoms with van der Waals surface area (Å²) < 4.78 is 38.1. The summed E-state index contributed by atoms with van der Waals surface area (Å²) in [5, 5.41) is 25.6. The van der Waals surface area contributed by atoms with Gasteiger partial charge in [-0.15, -0.1) is 16.4 Å². The van der Waals surface area contributed by atoms with Crippen LogP contribution in [0.1, 0.15) is 23.0 Å². The lowest BCUT2D eigenvalue weighted by molar-refractivity contribution is 0.146. The van der Waals surface area contributed by atoms with Gasteiger partial charge < -0.3 is 35.1 Å². The van der Waals surface area contributed by atoms with Crippen LogP contribution in [0.15, 0.2) is 46.6 Å². The first-order valence-electron chi connectivity index (χ1n) is 11.3. The number of nitrogen functional groups attached to an aromatic ring is 1. The van der Waals surface area contributed by atoms with E-state index in [-0.39, 0.29) is 58.4 Å². The summed E-state index contributed by atoms with van der Waals surface area (Å²) in [4.78, 5) is 26.6. The second-order valence-corrected chi connectivity index (χ2v) is 8.97. The molecule has 0 saturated heterocycles. The smallest absolute Gasteiger partial charge is 0.493 e. The Morgan fingerprint density at radius 2 is 2.00 bits per heavy atom. The monoisotopic (exact) mass is 556 g/mol. The Balaban J connectivity index is 1.64. The van der Waals surface area contributed by atoms with Crippen LogP contribution < -0.4 is 35.7 Å². The van der Waals surface area contributed by atoms with Crippen molar-refractivity contribution in [3.63, 3.8) is 0 Å². The number of amidine groups is 1. The molecule has 0 saturated carbocycles. The molecule has 0 spiro atoms. The number of H-pyrrole nitrogens is 1. The lowest BCUT2D eigenvalue weighted by Crippen LogP contribution is -2.21. The van der Waals surface area contributed by atoms with Crippen LogP contribution in [-0.4, -0.2) is 52.2 Å². The Bertz CT molecular complexity index is 1610. The first-order chi connectivity index (χ1) is 18.8. The maximum Gasteiger partial charge on any atom is 0.512 e. The minimum absolute atomic E-state index is 0.0132. The van der Waals surface area contributed by atoms with Gasteiger partial charge in [-0.2, -0.15) is 4.68 Å². The van der Waals surface area contributed by atoms with Gasteiger partial charge in [-0.25, -0.2) is 14.0 Å². The maximum absolute atomic E-state index is 15.9. The third-order valence-electron chi connectivity index (χ3n) is 5.71. The van der Waals surface area contributed by atoms with Gasteiger partial charge in [-0.1, -0.05) is 0 Å². The van der Waals surface area contributed by atoms with E-state index < -0.39 is 23.7 Å². The zero-order chi connectivity index (χ0) is 27.7. The Labute approximate surface area is 223 Å². The van der Waals surface area contributed by atoms with Gasteiger partial charge in [0.1, 0.15) is 30.8 Å². The minimum atomic E-state index is -1.55. The van der Waals surface area contributed by atoms with Crippen molar-refractivity contribution >= 4 is 29.0 Å². The minimum Gasteiger partial charge on any atom is -0.493 e. The molecule has 2 aromatic heterocycles. The summed E-state index contributed by atoms with van der Waals surface area (Å²) in [6, 6.07) is 8.23.